The number of nitro benzene ring substituents is 1. The molecule has 0 aliphatic carbocycles. The number of hydrogen-bond donors (Lipinski definition) is 2. The fourth-order valence-corrected chi connectivity index (χ4v) is 2.49. The third-order valence-electron chi connectivity index (χ3n) is 3.92. The van der Waals surface area contributed by atoms with Gasteiger partial charge in [0.05, 0.1) is 10.6 Å². The highest BCUT2D eigenvalue weighted by molar-refractivity contribution is 6.04. The Hall–Kier alpha value is -3.74. The molecule has 0 saturated carbocycles. The van der Waals surface area contributed by atoms with E-state index in [2.05, 4.69) is 10.3 Å². The van der Waals surface area contributed by atoms with E-state index in [9.17, 15) is 19.7 Å². The van der Waals surface area contributed by atoms with Gasteiger partial charge in [-0.05, 0) is 30.2 Å². The second-order valence-electron chi connectivity index (χ2n) is 5.69. The summed E-state index contributed by atoms with van der Waals surface area (Å²) >= 11 is 0. The average Bonchev–Trinajstić information content (AvgIpc) is 2.63. The number of aromatic nitrogens is 1. The molecule has 2 aromatic carbocycles. The van der Waals surface area contributed by atoms with Crippen LogP contribution in [0, 0.1) is 17.0 Å². The molecule has 7 heteroatoms. The first-order valence-corrected chi connectivity index (χ1v) is 7.81. The molecule has 0 saturated heterocycles. The zero-order chi connectivity index (χ0) is 18.7. The Morgan fingerprint density at radius 3 is 2.46 bits per heavy atom. The lowest BCUT2D eigenvalue weighted by Crippen LogP contribution is -2.23. The molecule has 130 valence electrons. The van der Waals surface area contributed by atoms with Crippen LogP contribution in [-0.4, -0.2) is 15.8 Å². The molecule has 0 radical (unpaired) electrons. The van der Waals surface area contributed by atoms with Gasteiger partial charge in [-0.2, -0.15) is 0 Å². The molecule has 26 heavy (non-hydrogen) atoms. The number of pyridine rings is 1. The van der Waals surface area contributed by atoms with E-state index in [0.717, 1.165) is 5.56 Å². The number of H-pyrrole nitrogens is 1. The van der Waals surface area contributed by atoms with Gasteiger partial charge >= 0.3 is 0 Å². The quantitative estimate of drug-likeness (QED) is 0.555. The molecule has 0 aliphatic heterocycles. The highest BCUT2D eigenvalue weighted by atomic mass is 16.6. The van der Waals surface area contributed by atoms with Crippen LogP contribution in [0.4, 0.5) is 11.4 Å². The number of carbonyl (C=O) groups excluding carboxylic acids is 1. The standard InChI is InChI=1S/C19H15N3O4/c1-12-7-8-14(22(25)26)11-17(12)21-19(24)15-9-10-16(20-18(15)23)13-5-3-2-4-6-13/h2-11H,1H3,(H,20,23)(H,21,24). The molecule has 0 bridgehead atoms. The summed E-state index contributed by atoms with van der Waals surface area (Å²) in [6.45, 7) is 1.71. The van der Waals surface area contributed by atoms with E-state index in [0.29, 0.717) is 11.3 Å². The third kappa shape index (κ3) is 3.51. The van der Waals surface area contributed by atoms with Crippen LogP contribution in [0.25, 0.3) is 11.3 Å². The number of amides is 1. The van der Waals surface area contributed by atoms with Gasteiger partial charge in [-0.1, -0.05) is 36.4 Å². The number of rotatable bonds is 4. The van der Waals surface area contributed by atoms with Gasteiger partial charge in [0.15, 0.2) is 0 Å². The lowest BCUT2D eigenvalue weighted by Gasteiger charge is -2.08. The third-order valence-corrected chi connectivity index (χ3v) is 3.92. The largest absolute Gasteiger partial charge is 0.321 e. The molecule has 3 rings (SSSR count). The van der Waals surface area contributed by atoms with Crippen molar-refractivity contribution in [1.82, 2.24) is 4.98 Å². The fourth-order valence-electron chi connectivity index (χ4n) is 2.49. The molecule has 2 N–H and O–H groups in total. The maximum Gasteiger partial charge on any atom is 0.271 e. The van der Waals surface area contributed by atoms with E-state index in [1.165, 1.54) is 24.3 Å². The first-order valence-electron chi connectivity index (χ1n) is 7.81. The average molecular weight is 349 g/mol. The highest BCUT2D eigenvalue weighted by Crippen LogP contribution is 2.22. The van der Waals surface area contributed by atoms with Gasteiger partial charge in [-0.3, -0.25) is 19.7 Å². The second kappa shape index (κ2) is 7.02. The summed E-state index contributed by atoms with van der Waals surface area (Å²) in [5.41, 5.74) is 1.61. The summed E-state index contributed by atoms with van der Waals surface area (Å²) in [5.74, 6) is -0.630. The minimum atomic E-state index is -0.630. The molecule has 0 spiro atoms. The van der Waals surface area contributed by atoms with Crippen molar-refractivity contribution in [2.75, 3.05) is 5.32 Å². The Labute approximate surface area is 148 Å². The van der Waals surface area contributed by atoms with E-state index >= 15 is 0 Å². The van der Waals surface area contributed by atoms with Crippen LogP contribution in [0.15, 0.2) is 65.5 Å². The van der Waals surface area contributed by atoms with Gasteiger partial charge in [0, 0.05) is 17.8 Å². The van der Waals surface area contributed by atoms with Crippen LogP contribution in [0.2, 0.25) is 0 Å². The number of nitrogens with one attached hydrogen (secondary N) is 2. The smallest absolute Gasteiger partial charge is 0.271 e. The van der Waals surface area contributed by atoms with E-state index in [4.69, 9.17) is 0 Å². The topological polar surface area (TPSA) is 105 Å². The van der Waals surface area contributed by atoms with E-state index < -0.39 is 16.4 Å². The van der Waals surface area contributed by atoms with Crippen molar-refractivity contribution in [3.05, 3.63) is 92.3 Å². The molecule has 3 aromatic rings. The lowest BCUT2D eigenvalue weighted by atomic mass is 10.1. The maximum absolute atomic E-state index is 12.4. The summed E-state index contributed by atoms with van der Waals surface area (Å²) in [4.78, 5) is 37.7. The molecule has 1 heterocycles. The molecule has 7 nitrogen and oxygen atoms in total. The number of aryl methyl sites for hydroxylation is 1. The highest BCUT2D eigenvalue weighted by Gasteiger charge is 2.15. The van der Waals surface area contributed by atoms with Gasteiger partial charge < -0.3 is 10.3 Å². The Bertz CT molecular complexity index is 1040. The summed E-state index contributed by atoms with van der Waals surface area (Å²) in [5, 5.41) is 13.4. The van der Waals surface area contributed by atoms with Crippen molar-refractivity contribution in [2.45, 2.75) is 6.92 Å². The molecule has 1 amide bonds. The minimum Gasteiger partial charge on any atom is -0.321 e. The number of carbonyl (C=O) groups is 1. The molecule has 0 fully saturated rings. The minimum absolute atomic E-state index is 0.0735. The summed E-state index contributed by atoms with van der Waals surface area (Å²) < 4.78 is 0. The van der Waals surface area contributed by atoms with Crippen molar-refractivity contribution in [2.24, 2.45) is 0 Å². The maximum atomic E-state index is 12.4. The van der Waals surface area contributed by atoms with Crippen molar-refractivity contribution in [1.29, 1.82) is 0 Å². The first-order chi connectivity index (χ1) is 12.5. The number of anilines is 1. The van der Waals surface area contributed by atoms with Crippen LogP contribution in [0.1, 0.15) is 15.9 Å². The van der Waals surface area contributed by atoms with Gasteiger partial charge in [-0.15, -0.1) is 0 Å². The van der Waals surface area contributed by atoms with Gasteiger partial charge in [0.2, 0.25) is 0 Å². The van der Waals surface area contributed by atoms with Crippen molar-refractivity contribution < 1.29 is 9.72 Å². The summed E-state index contributed by atoms with van der Waals surface area (Å²) in [6, 6.07) is 16.5. The number of benzene rings is 2. The molecule has 0 unspecified atom stereocenters. The van der Waals surface area contributed by atoms with Gasteiger partial charge in [0.1, 0.15) is 5.56 Å². The zero-order valence-corrected chi connectivity index (χ0v) is 13.9. The van der Waals surface area contributed by atoms with E-state index in [1.54, 1.807) is 13.0 Å². The number of hydrogen-bond acceptors (Lipinski definition) is 4. The molecule has 0 aliphatic rings. The Morgan fingerprint density at radius 1 is 1.08 bits per heavy atom. The van der Waals surface area contributed by atoms with E-state index in [1.807, 2.05) is 30.3 Å². The normalized spacial score (nSPS) is 10.3. The Morgan fingerprint density at radius 2 is 1.81 bits per heavy atom. The monoisotopic (exact) mass is 349 g/mol. The number of nitrogens with zero attached hydrogens (tertiary/aromatic N) is 1. The van der Waals surface area contributed by atoms with Gasteiger partial charge in [-0.25, -0.2) is 0 Å². The number of non-ortho nitro benzene ring substituents is 1. The zero-order valence-electron chi connectivity index (χ0n) is 13.9. The lowest BCUT2D eigenvalue weighted by molar-refractivity contribution is -0.384. The van der Waals surface area contributed by atoms with Crippen molar-refractivity contribution >= 4 is 17.3 Å². The van der Waals surface area contributed by atoms with E-state index in [-0.39, 0.29) is 16.9 Å². The second-order valence-corrected chi connectivity index (χ2v) is 5.69. The first kappa shape index (κ1) is 17.1. The molecule has 1 aromatic heterocycles. The predicted molar refractivity (Wildman–Crippen MR) is 98.3 cm³/mol. The molecular formula is C19H15N3O4. The SMILES string of the molecule is Cc1ccc([N+](=O)[O-])cc1NC(=O)c1ccc(-c2ccccc2)[nH]c1=O. The number of nitro groups is 1. The van der Waals surface area contributed by atoms with Crippen LogP contribution in [-0.2, 0) is 0 Å². The fraction of sp³-hybridized carbons (Fsp3) is 0.0526. The van der Waals surface area contributed by atoms with Crippen LogP contribution < -0.4 is 10.9 Å². The molecule has 0 atom stereocenters. The van der Waals surface area contributed by atoms with Crippen LogP contribution >= 0.6 is 0 Å². The van der Waals surface area contributed by atoms with Crippen LogP contribution in [0.3, 0.4) is 0 Å². The predicted octanol–water partition coefficient (Wildman–Crippen LogP) is 3.51. The Balaban J connectivity index is 1.88. The van der Waals surface area contributed by atoms with Gasteiger partial charge in [0.25, 0.3) is 17.2 Å². The number of aromatic amines is 1. The summed E-state index contributed by atoms with van der Waals surface area (Å²) in [7, 11) is 0. The Kier molecular flexibility index (Phi) is 4.62. The van der Waals surface area contributed by atoms with Crippen LogP contribution in [0.5, 0.6) is 0 Å². The van der Waals surface area contributed by atoms with Crippen molar-refractivity contribution in [3.8, 4) is 11.3 Å². The molecular weight excluding hydrogens is 334 g/mol. The summed E-state index contributed by atoms with van der Waals surface area (Å²) in [6.07, 6.45) is 0. The van der Waals surface area contributed by atoms with Crippen molar-refractivity contribution in [3.63, 3.8) is 0 Å².